The van der Waals surface area contributed by atoms with E-state index >= 15 is 0 Å². The molecule has 0 saturated heterocycles. The largest absolute Gasteiger partial charge is 0.477 e. The number of hydrogen-bond acceptors (Lipinski definition) is 4. The third-order valence-corrected chi connectivity index (χ3v) is 2.90. The lowest BCUT2D eigenvalue weighted by Gasteiger charge is -2.06. The Balaban J connectivity index is 2.32. The molecule has 0 aliphatic carbocycles. The molecule has 0 unspecified atom stereocenters. The number of nitrogens with zero attached hydrogens (tertiary/aromatic N) is 2. The van der Waals surface area contributed by atoms with Gasteiger partial charge in [-0.25, -0.2) is 4.79 Å². The normalized spacial score (nSPS) is 10.3. The maximum Gasteiger partial charge on any atom is 0.352 e. The molecule has 8 nitrogen and oxygen atoms in total. The second kappa shape index (κ2) is 5.45. The number of primary amides is 1. The summed E-state index contributed by atoms with van der Waals surface area (Å²) in [5, 5.41) is 19.8. The maximum atomic E-state index is 11.1. The van der Waals surface area contributed by atoms with Crippen molar-refractivity contribution < 1.29 is 19.6 Å². The maximum absolute atomic E-state index is 11.1. The van der Waals surface area contributed by atoms with E-state index in [0.29, 0.717) is 11.1 Å². The van der Waals surface area contributed by atoms with Crippen LogP contribution in [0, 0.1) is 10.1 Å². The molecule has 1 aromatic heterocycles. The first-order valence-corrected chi connectivity index (χ1v) is 5.85. The molecule has 0 spiro atoms. The van der Waals surface area contributed by atoms with Crippen LogP contribution in [0.15, 0.2) is 36.5 Å². The predicted octanol–water partition coefficient (Wildman–Crippen LogP) is 1.24. The summed E-state index contributed by atoms with van der Waals surface area (Å²) in [5.74, 6) is -1.82. The van der Waals surface area contributed by atoms with Gasteiger partial charge in [0.1, 0.15) is 5.69 Å². The molecule has 0 bridgehead atoms. The number of carbonyl (C=O) groups is 2. The summed E-state index contributed by atoms with van der Waals surface area (Å²) in [6, 6.07) is 7.24. The highest BCUT2D eigenvalue weighted by atomic mass is 16.6. The van der Waals surface area contributed by atoms with Gasteiger partial charge in [0.2, 0.25) is 5.91 Å². The van der Waals surface area contributed by atoms with Crippen molar-refractivity contribution in [2.45, 2.75) is 6.54 Å². The van der Waals surface area contributed by atoms with Crippen molar-refractivity contribution in [2.24, 2.45) is 5.73 Å². The standard InChI is InChI=1S/C13H11N3O5/c14-12(17)9-3-1-8(2-4-9)6-15-7-10(16(20)21)5-11(15)13(18)19/h1-5,7H,6H2,(H2,14,17)(H,18,19). The number of amides is 1. The fourth-order valence-corrected chi connectivity index (χ4v) is 1.88. The second-order valence-electron chi connectivity index (χ2n) is 4.33. The monoisotopic (exact) mass is 289 g/mol. The second-order valence-corrected chi connectivity index (χ2v) is 4.33. The molecule has 2 rings (SSSR count). The van der Waals surface area contributed by atoms with Crippen molar-refractivity contribution in [2.75, 3.05) is 0 Å². The number of nitro groups is 1. The Labute approximate surface area is 118 Å². The molecular weight excluding hydrogens is 278 g/mol. The number of carboxylic acids is 1. The van der Waals surface area contributed by atoms with Crippen LogP contribution in [0.3, 0.4) is 0 Å². The van der Waals surface area contributed by atoms with E-state index in [4.69, 9.17) is 10.8 Å². The molecule has 0 fully saturated rings. The van der Waals surface area contributed by atoms with Crippen molar-refractivity contribution in [1.82, 2.24) is 4.57 Å². The van der Waals surface area contributed by atoms with E-state index in [1.54, 1.807) is 12.1 Å². The third kappa shape index (κ3) is 3.06. The summed E-state index contributed by atoms with van der Waals surface area (Å²) in [7, 11) is 0. The Hall–Kier alpha value is -3.16. The topological polar surface area (TPSA) is 128 Å². The van der Waals surface area contributed by atoms with Crippen LogP contribution in [0.2, 0.25) is 0 Å². The highest BCUT2D eigenvalue weighted by molar-refractivity contribution is 5.92. The minimum absolute atomic E-state index is 0.133. The lowest BCUT2D eigenvalue weighted by Crippen LogP contribution is -2.11. The fraction of sp³-hybridized carbons (Fsp3) is 0.0769. The average molecular weight is 289 g/mol. The molecule has 108 valence electrons. The molecule has 0 atom stereocenters. The van der Waals surface area contributed by atoms with Crippen LogP contribution < -0.4 is 5.73 Å². The highest BCUT2D eigenvalue weighted by Crippen LogP contribution is 2.18. The van der Waals surface area contributed by atoms with Gasteiger partial charge in [0.15, 0.2) is 0 Å². The van der Waals surface area contributed by atoms with Crippen LogP contribution in [0.5, 0.6) is 0 Å². The molecule has 0 radical (unpaired) electrons. The summed E-state index contributed by atoms with van der Waals surface area (Å²) in [4.78, 5) is 32.1. The summed E-state index contributed by atoms with van der Waals surface area (Å²) in [6.45, 7) is 0.133. The number of aromatic carboxylic acids is 1. The number of rotatable bonds is 5. The number of carboxylic acid groups (broad SMARTS) is 1. The van der Waals surface area contributed by atoms with Crippen molar-refractivity contribution in [3.05, 3.63) is 63.5 Å². The van der Waals surface area contributed by atoms with Crippen LogP contribution in [-0.4, -0.2) is 26.5 Å². The zero-order chi connectivity index (χ0) is 15.6. The SMILES string of the molecule is NC(=O)c1ccc(Cn2cc([N+](=O)[O-])cc2C(=O)O)cc1. The van der Waals surface area contributed by atoms with Gasteiger partial charge < -0.3 is 15.4 Å². The number of carbonyl (C=O) groups excluding carboxylic acids is 1. The molecule has 1 amide bonds. The Morgan fingerprint density at radius 3 is 2.38 bits per heavy atom. The lowest BCUT2D eigenvalue weighted by atomic mass is 10.1. The van der Waals surface area contributed by atoms with Crippen molar-refractivity contribution >= 4 is 17.6 Å². The number of nitrogens with two attached hydrogens (primary N) is 1. The minimum Gasteiger partial charge on any atom is -0.477 e. The molecule has 3 N–H and O–H groups in total. The number of aromatic nitrogens is 1. The van der Waals surface area contributed by atoms with E-state index in [0.717, 1.165) is 12.3 Å². The van der Waals surface area contributed by atoms with Crippen LogP contribution in [0.25, 0.3) is 0 Å². The highest BCUT2D eigenvalue weighted by Gasteiger charge is 2.18. The van der Waals surface area contributed by atoms with Crippen molar-refractivity contribution in [3.8, 4) is 0 Å². The molecule has 21 heavy (non-hydrogen) atoms. The van der Waals surface area contributed by atoms with Gasteiger partial charge in [0.25, 0.3) is 5.69 Å². The first-order chi connectivity index (χ1) is 9.88. The van der Waals surface area contributed by atoms with Gasteiger partial charge in [-0.1, -0.05) is 12.1 Å². The zero-order valence-corrected chi connectivity index (χ0v) is 10.7. The van der Waals surface area contributed by atoms with Crippen LogP contribution >= 0.6 is 0 Å². The molecule has 0 saturated carbocycles. The molecule has 8 heteroatoms. The first kappa shape index (κ1) is 14.3. The number of hydrogen-bond donors (Lipinski definition) is 2. The van der Waals surface area contributed by atoms with Gasteiger partial charge in [0, 0.05) is 18.2 Å². The van der Waals surface area contributed by atoms with Gasteiger partial charge in [0.05, 0.1) is 11.1 Å². The van der Waals surface area contributed by atoms with E-state index in [-0.39, 0.29) is 17.9 Å². The molecule has 1 heterocycles. The van der Waals surface area contributed by atoms with Crippen molar-refractivity contribution in [1.29, 1.82) is 0 Å². The van der Waals surface area contributed by atoms with E-state index in [2.05, 4.69) is 0 Å². The Morgan fingerprint density at radius 1 is 1.29 bits per heavy atom. The van der Waals surface area contributed by atoms with E-state index in [1.165, 1.54) is 16.7 Å². The molecule has 0 aliphatic heterocycles. The summed E-state index contributed by atoms with van der Waals surface area (Å²) in [6.07, 6.45) is 1.16. The zero-order valence-electron chi connectivity index (χ0n) is 10.7. The molecular formula is C13H11N3O5. The van der Waals surface area contributed by atoms with E-state index in [9.17, 15) is 19.7 Å². The van der Waals surface area contributed by atoms with Gasteiger partial charge >= 0.3 is 5.97 Å². The predicted molar refractivity (Wildman–Crippen MR) is 72.1 cm³/mol. The molecule has 1 aromatic carbocycles. The third-order valence-electron chi connectivity index (χ3n) is 2.90. The van der Waals surface area contributed by atoms with E-state index < -0.39 is 16.8 Å². The Morgan fingerprint density at radius 2 is 1.90 bits per heavy atom. The van der Waals surface area contributed by atoms with Crippen LogP contribution in [0.1, 0.15) is 26.4 Å². The summed E-state index contributed by atoms with van der Waals surface area (Å²) in [5.41, 5.74) is 5.67. The number of benzene rings is 1. The quantitative estimate of drug-likeness (QED) is 0.632. The molecule has 2 aromatic rings. The van der Waals surface area contributed by atoms with Gasteiger partial charge in [-0.3, -0.25) is 14.9 Å². The fourth-order valence-electron chi connectivity index (χ4n) is 1.88. The lowest BCUT2D eigenvalue weighted by molar-refractivity contribution is -0.384. The van der Waals surface area contributed by atoms with Gasteiger partial charge in [-0.05, 0) is 17.7 Å². The average Bonchev–Trinajstić information content (AvgIpc) is 2.83. The molecule has 0 aliphatic rings. The van der Waals surface area contributed by atoms with Crippen LogP contribution in [0.4, 0.5) is 5.69 Å². The first-order valence-electron chi connectivity index (χ1n) is 5.85. The Kier molecular flexibility index (Phi) is 3.70. The summed E-state index contributed by atoms with van der Waals surface area (Å²) < 4.78 is 1.26. The summed E-state index contributed by atoms with van der Waals surface area (Å²) >= 11 is 0. The minimum atomic E-state index is -1.25. The van der Waals surface area contributed by atoms with Crippen LogP contribution in [-0.2, 0) is 6.54 Å². The van der Waals surface area contributed by atoms with Gasteiger partial charge in [-0.2, -0.15) is 0 Å². The van der Waals surface area contributed by atoms with Crippen molar-refractivity contribution in [3.63, 3.8) is 0 Å². The Bertz CT molecular complexity index is 718. The van der Waals surface area contributed by atoms with E-state index in [1.807, 2.05) is 0 Å². The van der Waals surface area contributed by atoms with Gasteiger partial charge in [-0.15, -0.1) is 0 Å². The smallest absolute Gasteiger partial charge is 0.352 e.